The van der Waals surface area contributed by atoms with Crippen molar-refractivity contribution in [2.45, 2.75) is 6.92 Å². The minimum atomic E-state index is -0.238. The van der Waals surface area contributed by atoms with E-state index in [2.05, 4.69) is 20.1 Å². The lowest BCUT2D eigenvalue weighted by molar-refractivity contribution is 0.823. The normalized spacial score (nSPS) is 11.7. The van der Waals surface area contributed by atoms with Crippen LogP contribution in [-0.4, -0.2) is 25.5 Å². The summed E-state index contributed by atoms with van der Waals surface area (Å²) in [5, 5.41) is 4.56. The average Bonchev–Trinajstić information content (AvgIpc) is 2.80. The van der Waals surface area contributed by atoms with Crippen molar-refractivity contribution < 1.29 is 0 Å². The summed E-state index contributed by atoms with van der Waals surface area (Å²) in [6, 6.07) is 16.7. The Balaban J connectivity index is 1.77. The quantitative estimate of drug-likeness (QED) is 0.509. The zero-order valence-electron chi connectivity index (χ0n) is 16.9. The highest BCUT2D eigenvalue weighted by molar-refractivity contribution is 6.08. The smallest absolute Gasteiger partial charge is 0.209 e. The van der Waals surface area contributed by atoms with Crippen LogP contribution >= 0.6 is 0 Å². The van der Waals surface area contributed by atoms with Gasteiger partial charge < -0.3 is 5.73 Å². The van der Waals surface area contributed by atoms with E-state index < -0.39 is 0 Å². The Kier molecular flexibility index (Phi) is 5.75. The van der Waals surface area contributed by atoms with Crippen LogP contribution in [0.15, 0.2) is 101 Å². The monoisotopic (exact) mass is 408 g/mol. The number of aromatic nitrogens is 4. The van der Waals surface area contributed by atoms with E-state index in [-0.39, 0.29) is 11.1 Å². The van der Waals surface area contributed by atoms with Crippen molar-refractivity contribution in [2.24, 2.45) is 10.7 Å². The van der Waals surface area contributed by atoms with E-state index in [1.807, 2.05) is 55.5 Å². The maximum atomic E-state index is 12.6. The molecule has 0 unspecified atom stereocenters. The molecule has 0 spiro atoms. The summed E-state index contributed by atoms with van der Waals surface area (Å²) in [6.45, 7) is 1.98. The lowest BCUT2D eigenvalue weighted by atomic mass is 10.1. The van der Waals surface area contributed by atoms with Crippen LogP contribution in [0.1, 0.15) is 11.3 Å². The Labute approximate surface area is 179 Å². The molecule has 7 heteroatoms. The molecule has 0 aliphatic rings. The number of benzene rings is 2. The fourth-order valence-corrected chi connectivity index (χ4v) is 3.14. The Bertz CT molecular complexity index is 1310. The van der Waals surface area contributed by atoms with Crippen LogP contribution in [-0.2, 0) is 0 Å². The second-order valence-corrected chi connectivity index (χ2v) is 6.76. The van der Waals surface area contributed by atoms with Gasteiger partial charge in [0.2, 0.25) is 5.43 Å². The summed E-state index contributed by atoms with van der Waals surface area (Å²) in [5.74, 6) is 0. The van der Waals surface area contributed by atoms with Crippen LogP contribution in [0.25, 0.3) is 16.9 Å². The zero-order valence-corrected chi connectivity index (χ0v) is 16.9. The third kappa shape index (κ3) is 4.45. The Hall–Kier alpha value is -4.39. The van der Waals surface area contributed by atoms with Gasteiger partial charge in [0.25, 0.3) is 0 Å². The largest absolute Gasteiger partial charge is 0.405 e. The highest BCUT2D eigenvalue weighted by Crippen LogP contribution is 2.22. The highest BCUT2D eigenvalue weighted by atomic mass is 16.1. The summed E-state index contributed by atoms with van der Waals surface area (Å²) in [6.07, 6.45) is 9.58. The molecule has 4 rings (SSSR count). The summed E-state index contributed by atoms with van der Waals surface area (Å²) in [5.41, 5.74) is 10.2. The molecule has 0 amide bonds. The van der Waals surface area contributed by atoms with Crippen LogP contribution in [0.2, 0.25) is 0 Å². The van der Waals surface area contributed by atoms with Crippen LogP contribution in [0.5, 0.6) is 0 Å². The number of rotatable bonds is 5. The molecule has 2 aromatic carbocycles. The molecule has 2 aromatic heterocycles. The second kappa shape index (κ2) is 8.96. The van der Waals surface area contributed by atoms with Gasteiger partial charge in [-0.15, -0.1) is 0 Å². The number of allylic oxidation sites excluding steroid dienone is 1. The van der Waals surface area contributed by atoms with E-state index in [0.29, 0.717) is 11.4 Å². The van der Waals surface area contributed by atoms with Crippen molar-refractivity contribution in [1.82, 2.24) is 19.7 Å². The first-order chi connectivity index (χ1) is 15.2. The molecule has 2 N–H and O–H groups in total. The lowest BCUT2D eigenvalue weighted by Crippen LogP contribution is -2.20. The molecule has 0 aliphatic carbocycles. The summed E-state index contributed by atoms with van der Waals surface area (Å²) < 4.78 is 1.66. The molecular formula is C24H20N6O. The van der Waals surface area contributed by atoms with Gasteiger partial charge in [0.1, 0.15) is 0 Å². The number of aryl methyl sites for hydroxylation is 1. The van der Waals surface area contributed by atoms with E-state index in [4.69, 9.17) is 5.73 Å². The van der Waals surface area contributed by atoms with E-state index in [0.717, 1.165) is 22.5 Å². The molecule has 0 saturated carbocycles. The minimum absolute atomic E-state index is 0.213. The fourth-order valence-electron chi connectivity index (χ4n) is 3.14. The Morgan fingerprint density at radius 1 is 1.10 bits per heavy atom. The number of para-hydroxylation sites is 1. The summed E-state index contributed by atoms with van der Waals surface area (Å²) >= 11 is 0. The van der Waals surface area contributed by atoms with Crippen molar-refractivity contribution in [3.8, 4) is 16.9 Å². The third-order valence-electron chi connectivity index (χ3n) is 4.61. The summed E-state index contributed by atoms with van der Waals surface area (Å²) in [7, 11) is 0. The molecule has 4 aromatic rings. The molecule has 0 bridgehead atoms. The fraction of sp³-hybridized carbons (Fsp3) is 0.0417. The van der Waals surface area contributed by atoms with Gasteiger partial charge in [-0.05, 0) is 49.0 Å². The zero-order chi connectivity index (χ0) is 21.6. The molecule has 0 atom stereocenters. The standard InChI is InChI=1S/C24H20N6O/c1-17-15-18(21-16-26-12-13-27-21)7-8-22(17)30-14-10-23(31)24(29-30)20(9-11-25)28-19-5-3-2-4-6-19/h2-16H,25H2,1H3. The van der Waals surface area contributed by atoms with Crippen molar-refractivity contribution in [3.63, 3.8) is 0 Å². The molecule has 7 nitrogen and oxygen atoms in total. The molecule has 0 radical (unpaired) electrons. The Morgan fingerprint density at radius 3 is 2.65 bits per heavy atom. The van der Waals surface area contributed by atoms with Gasteiger partial charge in [-0.25, -0.2) is 9.67 Å². The maximum absolute atomic E-state index is 12.6. The Morgan fingerprint density at radius 2 is 1.94 bits per heavy atom. The third-order valence-corrected chi connectivity index (χ3v) is 4.61. The predicted molar refractivity (Wildman–Crippen MR) is 122 cm³/mol. The maximum Gasteiger partial charge on any atom is 0.209 e. The molecule has 152 valence electrons. The topological polar surface area (TPSA) is 99.0 Å². The van der Waals surface area contributed by atoms with E-state index in [1.165, 1.54) is 12.3 Å². The molecule has 0 saturated heterocycles. The average molecular weight is 408 g/mol. The minimum Gasteiger partial charge on any atom is -0.405 e. The van der Waals surface area contributed by atoms with Gasteiger partial charge >= 0.3 is 0 Å². The number of aliphatic imine (C=N–C) groups is 1. The SMILES string of the molecule is Cc1cc(-c2cnccn2)ccc1-n1ccc(=O)c(C(C=CN)=Nc2ccccc2)n1. The predicted octanol–water partition coefficient (Wildman–Crippen LogP) is 3.59. The van der Waals surface area contributed by atoms with Gasteiger partial charge in [-0.1, -0.05) is 24.3 Å². The molecule has 0 fully saturated rings. The molecular weight excluding hydrogens is 388 g/mol. The molecule has 0 aliphatic heterocycles. The first kappa shape index (κ1) is 19.9. The van der Waals surface area contributed by atoms with Crippen LogP contribution in [0.3, 0.4) is 0 Å². The van der Waals surface area contributed by atoms with Gasteiger partial charge in [-0.3, -0.25) is 14.8 Å². The van der Waals surface area contributed by atoms with Gasteiger partial charge in [-0.2, -0.15) is 5.10 Å². The van der Waals surface area contributed by atoms with Gasteiger partial charge in [0.15, 0.2) is 5.69 Å². The molecule has 31 heavy (non-hydrogen) atoms. The van der Waals surface area contributed by atoms with Crippen molar-refractivity contribution in [1.29, 1.82) is 0 Å². The molecule has 2 heterocycles. The number of nitrogens with zero attached hydrogens (tertiary/aromatic N) is 5. The van der Waals surface area contributed by atoms with Crippen LogP contribution < -0.4 is 11.2 Å². The first-order valence-corrected chi connectivity index (χ1v) is 9.65. The van der Waals surface area contributed by atoms with Crippen molar-refractivity contribution >= 4 is 11.4 Å². The number of hydrogen-bond donors (Lipinski definition) is 1. The summed E-state index contributed by atoms with van der Waals surface area (Å²) in [4.78, 5) is 25.6. The first-order valence-electron chi connectivity index (χ1n) is 9.65. The van der Waals surface area contributed by atoms with Crippen molar-refractivity contribution in [2.75, 3.05) is 0 Å². The van der Waals surface area contributed by atoms with E-state index in [1.54, 1.807) is 35.5 Å². The number of nitrogens with two attached hydrogens (primary N) is 1. The highest BCUT2D eigenvalue weighted by Gasteiger charge is 2.11. The van der Waals surface area contributed by atoms with Gasteiger partial charge in [0, 0.05) is 30.2 Å². The van der Waals surface area contributed by atoms with E-state index in [9.17, 15) is 4.79 Å². The lowest BCUT2D eigenvalue weighted by Gasteiger charge is -2.12. The second-order valence-electron chi connectivity index (χ2n) is 6.76. The van der Waals surface area contributed by atoms with Crippen LogP contribution in [0.4, 0.5) is 5.69 Å². The van der Waals surface area contributed by atoms with Crippen LogP contribution in [0, 0.1) is 6.92 Å². The van der Waals surface area contributed by atoms with E-state index >= 15 is 0 Å². The van der Waals surface area contributed by atoms with Gasteiger partial charge in [0.05, 0.1) is 29.0 Å². The van der Waals surface area contributed by atoms with Crippen molar-refractivity contribution in [3.05, 3.63) is 113 Å². The number of hydrogen-bond acceptors (Lipinski definition) is 6.